The summed E-state index contributed by atoms with van der Waals surface area (Å²) in [5.41, 5.74) is 0.533. The van der Waals surface area contributed by atoms with Crippen molar-refractivity contribution in [3.8, 4) is 11.5 Å². The molecule has 0 fully saturated rings. The number of carboxylic acid groups (broad SMARTS) is 2. The van der Waals surface area contributed by atoms with E-state index in [1.807, 2.05) is 36.4 Å². The molecule has 32 heavy (non-hydrogen) atoms. The first-order valence-electron chi connectivity index (χ1n) is 10.3. The number of fused-ring (bicyclic) bond motifs is 2. The Kier molecular flexibility index (Phi) is 6.22. The molecule has 2 N–H and O–H groups in total. The van der Waals surface area contributed by atoms with Crippen molar-refractivity contribution in [2.24, 2.45) is 0 Å². The van der Waals surface area contributed by atoms with Crippen LogP contribution in [0.4, 0.5) is 0 Å². The van der Waals surface area contributed by atoms with Crippen molar-refractivity contribution in [3.63, 3.8) is 0 Å². The summed E-state index contributed by atoms with van der Waals surface area (Å²) in [5, 5.41) is 21.7. The van der Waals surface area contributed by atoms with Gasteiger partial charge in [-0.15, -0.1) is 0 Å². The first-order valence-corrected chi connectivity index (χ1v) is 10.3. The Hall–Kier alpha value is -4.06. The first kappa shape index (κ1) is 21.2. The van der Waals surface area contributed by atoms with Gasteiger partial charge < -0.3 is 19.7 Å². The van der Waals surface area contributed by atoms with Crippen LogP contribution in [0, 0.1) is 0 Å². The molecular weight excluding hydrogens is 408 g/mol. The van der Waals surface area contributed by atoms with Gasteiger partial charge in [-0.2, -0.15) is 0 Å². The van der Waals surface area contributed by atoms with Crippen LogP contribution >= 0.6 is 0 Å². The minimum absolute atomic E-state index is 0.266. The Bertz CT molecular complexity index is 1190. The van der Waals surface area contributed by atoms with Crippen LogP contribution in [0.15, 0.2) is 72.8 Å². The van der Waals surface area contributed by atoms with Gasteiger partial charge >= 0.3 is 11.9 Å². The summed E-state index contributed by atoms with van der Waals surface area (Å²) < 4.78 is 11.6. The number of carboxylic acids is 2. The van der Waals surface area contributed by atoms with E-state index in [1.165, 1.54) is 0 Å². The minimum atomic E-state index is -0.939. The molecule has 0 bridgehead atoms. The van der Waals surface area contributed by atoms with E-state index in [0.29, 0.717) is 13.2 Å². The number of benzene rings is 4. The Morgan fingerprint density at radius 2 is 0.938 bits per heavy atom. The van der Waals surface area contributed by atoms with Gasteiger partial charge in [0.05, 0.1) is 24.3 Å². The molecule has 4 rings (SSSR count). The molecule has 162 valence electrons. The van der Waals surface area contributed by atoms with Crippen molar-refractivity contribution < 1.29 is 29.3 Å². The normalized spacial score (nSPS) is 10.9. The number of carbonyl (C=O) groups is 2. The number of hydrogen-bond donors (Lipinski definition) is 2. The molecule has 0 amide bonds. The summed E-state index contributed by atoms with van der Waals surface area (Å²) >= 11 is 0. The van der Waals surface area contributed by atoms with Crippen molar-refractivity contribution >= 4 is 33.5 Å². The minimum Gasteiger partial charge on any atom is -0.494 e. The molecule has 0 unspecified atom stereocenters. The highest BCUT2D eigenvalue weighted by Gasteiger charge is 2.06. The van der Waals surface area contributed by atoms with Crippen LogP contribution in [0.5, 0.6) is 11.5 Å². The van der Waals surface area contributed by atoms with E-state index in [0.717, 1.165) is 45.9 Å². The van der Waals surface area contributed by atoms with Crippen LogP contribution in [-0.4, -0.2) is 35.4 Å². The Morgan fingerprint density at radius 3 is 1.34 bits per heavy atom. The largest absolute Gasteiger partial charge is 0.494 e. The van der Waals surface area contributed by atoms with Crippen LogP contribution in [0.25, 0.3) is 21.5 Å². The SMILES string of the molecule is O=C(O)c1ccc2cc(OCCCCOc3ccc4cc(C(=O)O)ccc4c3)ccc2c1. The predicted molar refractivity (Wildman–Crippen MR) is 122 cm³/mol. The summed E-state index contributed by atoms with van der Waals surface area (Å²) in [6, 6.07) is 21.3. The first-order chi connectivity index (χ1) is 15.5. The zero-order chi connectivity index (χ0) is 22.5. The number of hydrogen-bond acceptors (Lipinski definition) is 4. The van der Waals surface area contributed by atoms with Gasteiger partial charge in [0, 0.05) is 0 Å². The maximum Gasteiger partial charge on any atom is 0.335 e. The highest BCUT2D eigenvalue weighted by atomic mass is 16.5. The highest BCUT2D eigenvalue weighted by molar-refractivity contribution is 5.95. The maximum absolute atomic E-state index is 11.1. The molecule has 0 saturated carbocycles. The molecule has 0 spiro atoms. The van der Waals surface area contributed by atoms with Gasteiger partial charge in [0.25, 0.3) is 0 Å². The van der Waals surface area contributed by atoms with E-state index in [2.05, 4.69) is 0 Å². The third-order valence-corrected chi connectivity index (χ3v) is 5.19. The maximum atomic E-state index is 11.1. The van der Waals surface area contributed by atoms with E-state index in [1.54, 1.807) is 36.4 Å². The van der Waals surface area contributed by atoms with E-state index < -0.39 is 11.9 Å². The van der Waals surface area contributed by atoms with Crippen LogP contribution in [0.2, 0.25) is 0 Å². The van der Waals surface area contributed by atoms with Crippen molar-refractivity contribution in [2.45, 2.75) is 12.8 Å². The fraction of sp³-hybridized carbons (Fsp3) is 0.154. The average molecular weight is 430 g/mol. The van der Waals surface area contributed by atoms with E-state index in [-0.39, 0.29) is 11.1 Å². The van der Waals surface area contributed by atoms with Gasteiger partial charge in [0.1, 0.15) is 11.5 Å². The molecule has 0 aliphatic carbocycles. The summed E-state index contributed by atoms with van der Waals surface area (Å²) in [6.45, 7) is 1.11. The van der Waals surface area contributed by atoms with Crippen LogP contribution < -0.4 is 9.47 Å². The third-order valence-electron chi connectivity index (χ3n) is 5.19. The fourth-order valence-corrected chi connectivity index (χ4v) is 3.48. The second kappa shape index (κ2) is 9.39. The van der Waals surface area contributed by atoms with Gasteiger partial charge in [0.15, 0.2) is 0 Å². The Labute approximate surface area is 184 Å². The zero-order valence-electron chi connectivity index (χ0n) is 17.3. The standard InChI is InChI=1S/C26H22O6/c27-25(28)21-5-3-19-15-23(9-7-17(19)13-21)31-11-1-2-12-32-24-10-8-18-14-22(26(29)30)6-4-20(18)16-24/h3-10,13-16H,1-2,11-12H2,(H,27,28)(H,29,30). The van der Waals surface area contributed by atoms with E-state index in [9.17, 15) is 9.59 Å². The summed E-state index contributed by atoms with van der Waals surface area (Å²) in [7, 11) is 0. The van der Waals surface area contributed by atoms with Gasteiger partial charge in [0.2, 0.25) is 0 Å². The molecule has 0 aliphatic rings. The van der Waals surface area contributed by atoms with Crippen LogP contribution in [0.3, 0.4) is 0 Å². The second-order valence-electron chi connectivity index (χ2n) is 7.46. The summed E-state index contributed by atoms with van der Waals surface area (Å²) in [5.74, 6) is -0.385. The van der Waals surface area contributed by atoms with Crippen molar-refractivity contribution in [1.29, 1.82) is 0 Å². The zero-order valence-corrected chi connectivity index (χ0v) is 17.3. The molecule has 6 nitrogen and oxygen atoms in total. The van der Waals surface area contributed by atoms with Crippen LogP contribution in [-0.2, 0) is 0 Å². The smallest absolute Gasteiger partial charge is 0.335 e. The monoisotopic (exact) mass is 430 g/mol. The average Bonchev–Trinajstić information content (AvgIpc) is 2.80. The van der Waals surface area contributed by atoms with Crippen LogP contribution in [0.1, 0.15) is 33.6 Å². The molecule has 0 heterocycles. The lowest BCUT2D eigenvalue weighted by Gasteiger charge is -2.09. The number of ether oxygens (including phenoxy) is 2. The molecule has 0 radical (unpaired) electrons. The van der Waals surface area contributed by atoms with E-state index >= 15 is 0 Å². The molecule has 0 aliphatic heterocycles. The number of unbranched alkanes of at least 4 members (excludes halogenated alkanes) is 1. The molecule has 4 aromatic carbocycles. The summed E-state index contributed by atoms with van der Waals surface area (Å²) in [6.07, 6.45) is 1.65. The third kappa shape index (κ3) is 4.98. The van der Waals surface area contributed by atoms with Gasteiger partial charge in [-0.05, 0) is 82.9 Å². The molecule has 4 aromatic rings. The number of aromatic carboxylic acids is 2. The lowest BCUT2D eigenvalue weighted by atomic mass is 10.1. The Morgan fingerprint density at radius 1 is 0.562 bits per heavy atom. The van der Waals surface area contributed by atoms with Crippen molar-refractivity contribution in [3.05, 3.63) is 83.9 Å². The lowest BCUT2D eigenvalue weighted by molar-refractivity contribution is 0.0686. The van der Waals surface area contributed by atoms with Crippen molar-refractivity contribution in [1.82, 2.24) is 0 Å². The molecule has 0 aromatic heterocycles. The molecule has 0 atom stereocenters. The van der Waals surface area contributed by atoms with Gasteiger partial charge in [-0.25, -0.2) is 9.59 Å². The predicted octanol–water partition coefficient (Wildman–Crippen LogP) is 5.63. The van der Waals surface area contributed by atoms with Gasteiger partial charge in [-0.3, -0.25) is 0 Å². The van der Waals surface area contributed by atoms with Crippen molar-refractivity contribution in [2.75, 3.05) is 13.2 Å². The number of rotatable bonds is 9. The Balaban J connectivity index is 1.24. The lowest BCUT2D eigenvalue weighted by Crippen LogP contribution is -2.02. The molecule has 6 heteroatoms. The second-order valence-corrected chi connectivity index (χ2v) is 7.46. The molecular formula is C26H22O6. The quantitative estimate of drug-likeness (QED) is 0.335. The molecule has 0 saturated heterocycles. The summed E-state index contributed by atoms with van der Waals surface area (Å²) in [4.78, 5) is 22.1. The highest BCUT2D eigenvalue weighted by Crippen LogP contribution is 2.24. The topological polar surface area (TPSA) is 93.1 Å². The van der Waals surface area contributed by atoms with E-state index in [4.69, 9.17) is 19.7 Å². The van der Waals surface area contributed by atoms with Gasteiger partial charge in [-0.1, -0.05) is 24.3 Å². The fourth-order valence-electron chi connectivity index (χ4n) is 3.48.